The first kappa shape index (κ1) is 15.6. The summed E-state index contributed by atoms with van der Waals surface area (Å²) in [6.07, 6.45) is 0.986. The van der Waals surface area contributed by atoms with Crippen molar-refractivity contribution in [1.82, 2.24) is 20.1 Å². The van der Waals surface area contributed by atoms with Crippen LogP contribution in [-0.4, -0.2) is 34.3 Å². The number of anilines is 1. The molecule has 0 fully saturated rings. The second-order valence-electron chi connectivity index (χ2n) is 6.62. The molecule has 0 unspecified atom stereocenters. The highest BCUT2D eigenvalue weighted by Gasteiger charge is 2.19. The summed E-state index contributed by atoms with van der Waals surface area (Å²) in [6.45, 7) is 3.39. The van der Waals surface area contributed by atoms with Crippen LogP contribution in [0.4, 0.5) is 5.82 Å². The Kier molecular flexibility index (Phi) is 3.67. The molecule has 0 saturated heterocycles. The normalized spacial score (nSPS) is 13.3. The summed E-state index contributed by atoms with van der Waals surface area (Å²) < 4.78 is 1.85. The lowest BCUT2D eigenvalue weighted by molar-refractivity contribution is 0.0945. The van der Waals surface area contributed by atoms with Crippen molar-refractivity contribution in [2.24, 2.45) is 7.05 Å². The second-order valence-corrected chi connectivity index (χ2v) is 6.62. The van der Waals surface area contributed by atoms with Gasteiger partial charge in [-0.15, -0.1) is 0 Å². The van der Waals surface area contributed by atoms with Crippen molar-refractivity contribution in [3.8, 4) is 0 Å². The smallest absolute Gasteiger partial charge is 0.270 e. The molecule has 0 radical (unpaired) electrons. The van der Waals surface area contributed by atoms with Gasteiger partial charge in [0.15, 0.2) is 0 Å². The van der Waals surface area contributed by atoms with Crippen molar-refractivity contribution in [2.75, 3.05) is 18.5 Å². The molecule has 0 aliphatic carbocycles. The lowest BCUT2D eigenvalue weighted by atomic mass is 10.1. The van der Waals surface area contributed by atoms with Crippen LogP contribution in [0.2, 0.25) is 0 Å². The second kappa shape index (κ2) is 5.88. The van der Waals surface area contributed by atoms with Gasteiger partial charge in [0.1, 0.15) is 11.5 Å². The van der Waals surface area contributed by atoms with Crippen LogP contribution < -0.4 is 10.2 Å². The van der Waals surface area contributed by atoms with Crippen molar-refractivity contribution in [3.63, 3.8) is 0 Å². The van der Waals surface area contributed by atoms with E-state index in [1.54, 1.807) is 6.07 Å². The molecule has 6 nitrogen and oxygen atoms in total. The molecule has 3 heterocycles. The molecule has 1 amide bonds. The maximum absolute atomic E-state index is 12.5. The van der Waals surface area contributed by atoms with E-state index in [9.17, 15) is 4.79 Å². The number of amides is 1. The average Bonchev–Trinajstić information content (AvgIpc) is 3.13. The van der Waals surface area contributed by atoms with E-state index in [1.807, 2.05) is 24.8 Å². The Balaban J connectivity index is 1.55. The minimum atomic E-state index is -0.172. The van der Waals surface area contributed by atoms with Gasteiger partial charge in [0.25, 0.3) is 5.91 Å². The van der Waals surface area contributed by atoms with E-state index in [0.29, 0.717) is 12.2 Å². The molecule has 0 atom stereocenters. The highest BCUT2D eigenvalue weighted by Crippen LogP contribution is 2.24. The number of nitrogens with one attached hydrogen (secondary N) is 1. The zero-order chi connectivity index (χ0) is 17.6. The van der Waals surface area contributed by atoms with E-state index in [4.69, 9.17) is 0 Å². The highest BCUT2D eigenvalue weighted by atomic mass is 16.1. The Morgan fingerprint density at radius 1 is 1.24 bits per heavy atom. The minimum absolute atomic E-state index is 0.172. The Labute approximate surface area is 146 Å². The molecule has 1 aromatic carbocycles. The summed E-state index contributed by atoms with van der Waals surface area (Å²) in [7, 11) is 3.92. The lowest BCUT2D eigenvalue weighted by Crippen LogP contribution is -2.25. The fourth-order valence-corrected chi connectivity index (χ4v) is 3.36. The molecule has 25 heavy (non-hydrogen) atoms. The van der Waals surface area contributed by atoms with E-state index in [1.165, 1.54) is 11.1 Å². The summed E-state index contributed by atoms with van der Waals surface area (Å²) in [5.74, 6) is 0.737. The topological polar surface area (TPSA) is 63.1 Å². The Bertz CT molecular complexity index is 975. The van der Waals surface area contributed by atoms with Gasteiger partial charge in [0.05, 0.1) is 17.8 Å². The number of benzene rings is 1. The van der Waals surface area contributed by atoms with Gasteiger partial charge in [-0.1, -0.05) is 17.7 Å². The summed E-state index contributed by atoms with van der Waals surface area (Å²) in [6, 6.07) is 10.0. The highest BCUT2D eigenvalue weighted by molar-refractivity contribution is 5.93. The number of rotatable bonds is 3. The van der Waals surface area contributed by atoms with Crippen LogP contribution in [0.25, 0.3) is 10.9 Å². The van der Waals surface area contributed by atoms with E-state index in [0.717, 1.165) is 35.4 Å². The zero-order valence-corrected chi connectivity index (χ0v) is 14.7. The van der Waals surface area contributed by atoms with E-state index < -0.39 is 0 Å². The van der Waals surface area contributed by atoms with E-state index >= 15 is 0 Å². The summed E-state index contributed by atoms with van der Waals surface area (Å²) in [5.41, 5.74) is 4.76. The lowest BCUT2D eigenvalue weighted by Gasteiger charge is -2.11. The number of likely N-dealkylation sites (N-methyl/N-ethyl adjacent to an activating group) is 1. The molecular weight excluding hydrogens is 314 g/mol. The number of carbonyl (C=O) groups excluding carboxylic acids is 1. The molecule has 1 aliphatic rings. The largest absolute Gasteiger partial charge is 0.359 e. The predicted octanol–water partition coefficient (Wildman–Crippen LogP) is 2.20. The molecule has 0 saturated carbocycles. The van der Waals surface area contributed by atoms with Gasteiger partial charge in [0, 0.05) is 26.0 Å². The molecule has 6 heteroatoms. The Morgan fingerprint density at radius 2 is 2.08 bits per heavy atom. The zero-order valence-electron chi connectivity index (χ0n) is 14.7. The Hall–Kier alpha value is -2.89. The van der Waals surface area contributed by atoms with Crippen molar-refractivity contribution >= 4 is 22.6 Å². The van der Waals surface area contributed by atoms with Crippen LogP contribution in [-0.2, 0) is 20.0 Å². The number of aryl methyl sites for hydroxylation is 2. The summed E-state index contributed by atoms with van der Waals surface area (Å²) in [4.78, 5) is 19.1. The Morgan fingerprint density at radius 3 is 2.92 bits per heavy atom. The number of hydrogen-bond donors (Lipinski definition) is 1. The average molecular weight is 335 g/mol. The van der Waals surface area contributed by atoms with Crippen LogP contribution in [0, 0.1) is 6.92 Å². The monoisotopic (exact) mass is 335 g/mol. The number of nitrogens with zero attached hydrogens (tertiary/aromatic N) is 4. The van der Waals surface area contributed by atoms with Crippen LogP contribution >= 0.6 is 0 Å². The SMILES string of the molecule is Cc1ccc2c(c1)c(CNC(=O)c1ccc3c(n1)N(C)CC3)nn2C. The van der Waals surface area contributed by atoms with Gasteiger partial charge < -0.3 is 10.2 Å². The molecule has 0 spiro atoms. The number of aromatic nitrogens is 3. The third-order valence-corrected chi connectivity index (χ3v) is 4.77. The van der Waals surface area contributed by atoms with Crippen LogP contribution in [0.5, 0.6) is 0 Å². The van der Waals surface area contributed by atoms with Crippen molar-refractivity contribution in [2.45, 2.75) is 19.9 Å². The molecule has 4 rings (SSSR count). The van der Waals surface area contributed by atoms with Gasteiger partial charge in [-0.2, -0.15) is 5.10 Å². The third kappa shape index (κ3) is 2.73. The first-order valence-corrected chi connectivity index (χ1v) is 8.44. The molecule has 0 bridgehead atoms. The third-order valence-electron chi connectivity index (χ3n) is 4.77. The number of hydrogen-bond acceptors (Lipinski definition) is 4. The standard InChI is InChI=1S/C19H21N5O/c1-12-4-7-17-14(10-12)16(22-24(17)3)11-20-19(25)15-6-5-13-8-9-23(2)18(13)21-15/h4-7,10H,8-9,11H2,1-3H3,(H,20,25). The number of pyridine rings is 1. The molecule has 128 valence electrons. The fourth-order valence-electron chi connectivity index (χ4n) is 3.36. The van der Waals surface area contributed by atoms with Crippen molar-refractivity contribution in [1.29, 1.82) is 0 Å². The van der Waals surface area contributed by atoms with Crippen molar-refractivity contribution < 1.29 is 4.79 Å². The van der Waals surface area contributed by atoms with Crippen LogP contribution in [0.3, 0.4) is 0 Å². The van der Waals surface area contributed by atoms with Gasteiger partial charge in [0.2, 0.25) is 0 Å². The molecule has 2 aromatic heterocycles. The quantitative estimate of drug-likeness (QED) is 0.797. The predicted molar refractivity (Wildman–Crippen MR) is 97.8 cm³/mol. The maximum Gasteiger partial charge on any atom is 0.270 e. The first-order valence-electron chi connectivity index (χ1n) is 8.44. The summed E-state index contributed by atoms with van der Waals surface area (Å²) >= 11 is 0. The van der Waals surface area contributed by atoms with E-state index in [2.05, 4.69) is 45.4 Å². The first-order chi connectivity index (χ1) is 12.0. The summed E-state index contributed by atoms with van der Waals surface area (Å²) in [5, 5.41) is 8.56. The van der Waals surface area contributed by atoms with Gasteiger partial charge in [-0.05, 0) is 37.1 Å². The number of carbonyl (C=O) groups is 1. The molecular formula is C19H21N5O. The molecule has 1 aliphatic heterocycles. The van der Waals surface area contributed by atoms with Crippen molar-refractivity contribution in [3.05, 3.63) is 52.8 Å². The number of fused-ring (bicyclic) bond motifs is 2. The van der Waals surface area contributed by atoms with Crippen LogP contribution in [0.15, 0.2) is 30.3 Å². The van der Waals surface area contributed by atoms with Gasteiger partial charge >= 0.3 is 0 Å². The van der Waals surface area contributed by atoms with Gasteiger partial charge in [-0.25, -0.2) is 4.98 Å². The van der Waals surface area contributed by atoms with Gasteiger partial charge in [-0.3, -0.25) is 9.48 Å². The molecule has 3 aromatic rings. The van der Waals surface area contributed by atoms with E-state index in [-0.39, 0.29) is 5.91 Å². The maximum atomic E-state index is 12.5. The molecule has 1 N–H and O–H groups in total. The van der Waals surface area contributed by atoms with Crippen LogP contribution in [0.1, 0.15) is 27.3 Å². The minimum Gasteiger partial charge on any atom is -0.359 e. The fraction of sp³-hybridized carbons (Fsp3) is 0.316.